The third kappa shape index (κ3) is 3.14. The minimum Gasteiger partial charge on any atom is -0.377 e. The molecule has 1 aliphatic heterocycles. The van der Waals surface area contributed by atoms with Gasteiger partial charge in [0.2, 0.25) is 5.95 Å². The van der Waals surface area contributed by atoms with E-state index in [1.165, 1.54) is 0 Å². The normalized spacial score (nSPS) is 23.8. The third-order valence-corrected chi connectivity index (χ3v) is 9.04. The van der Waals surface area contributed by atoms with Gasteiger partial charge in [0, 0.05) is 25.0 Å². The van der Waals surface area contributed by atoms with E-state index in [-0.39, 0.29) is 17.2 Å². The lowest BCUT2D eigenvalue weighted by Gasteiger charge is -2.34. The average Bonchev–Trinajstić information content (AvgIpc) is 3.61. The molecular weight excluding hydrogens is 392 g/mol. The molecule has 10 heteroatoms. The van der Waals surface area contributed by atoms with Gasteiger partial charge in [0.05, 0.1) is 35.8 Å². The van der Waals surface area contributed by atoms with Crippen LogP contribution in [0.25, 0.3) is 11.4 Å². The summed E-state index contributed by atoms with van der Waals surface area (Å²) in [5.74, 6) is 1.31. The fourth-order valence-electron chi connectivity index (χ4n) is 3.96. The summed E-state index contributed by atoms with van der Waals surface area (Å²) in [4.78, 5) is 19.7. The maximum Gasteiger partial charge on any atom is 0.219 e. The summed E-state index contributed by atoms with van der Waals surface area (Å²) < 4.78 is 31.0. The zero-order chi connectivity index (χ0) is 20.2. The van der Waals surface area contributed by atoms with E-state index in [0.717, 1.165) is 18.7 Å². The fourth-order valence-corrected chi connectivity index (χ4v) is 6.42. The average molecular weight is 417 g/mol. The lowest BCUT2D eigenvalue weighted by molar-refractivity contribution is 0.0985. The molecule has 2 aliphatic carbocycles. The highest BCUT2D eigenvalue weighted by Crippen LogP contribution is 2.57. The van der Waals surface area contributed by atoms with Gasteiger partial charge in [-0.05, 0) is 32.6 Å². The van der Waals surface area contributed by atoms with Crippen LogP contribution >= 0.6 is 0 Å². The number of morpholine rings is 1. The molecule has 0 aromatic carbocycles. The summed E-state index contributed by atoms with van der Waals surface area (Å²) in [7, 11) is -3.26. The summed E-state index contributed by atoms with van der Waals surface area (Å²) in [5, 5.41) is -0.228. The minimum atomic E-state index is -3.26. The Morgan fingerprint density at radius 1 is 1.21 bits per heavy atom. The van der Waals surface area contributed by atoms with Crippen molar-refractivity contribution in [1.82, 2.24) is 19.9 Å². The van der Waals surface area contributed by atoms with Crippen LogP contribution in [0, 0.1) is 0 Å². The number of rotatable bonds is 5. The molecule has 154 valence electrons. The van der Waals surface area contributed by atoms with E-state index in [1.807, 2.05) is 6.07 Å². The molecule has 9 nitrogen and oxygen atoms in total. The quantitative estimate of drug-likeness (QED) is 0.768. The van der Waals surface area contributed by atoms with Gasteiger partial charge in [0.1, 0.15) is 10.6 Å². The van der Waals surface area contributed by atoms with Crippen LogP contribution in [-0.2, 0) is 19.3 Å². The molecule has 2 saturated carbocycles. The number of sulfone groups is 1. The number of nitrogens with zero attached hydrogens (tertiary/aromatic N) is 5. The second kappa shape index (κ2) is 6.60. The smallest absolute Gasteiger partial charge is 0.219 e. The van der Waals surface area contributed by atoms with E-state index in [9.17, 15) is 8.42 Å². The van der Waals surface area contributed by atoms with Crippen molar-refractivity contribution in [3.8, 4) is 11.4 Å². The number of nitrogen functional groups attached to an aromatic ring is 1. The highest BCUT2D eigenvalue weighted by Gasteiger charge is 2.61. The van der Waals surface area contributed by atoms with Crippen LogP contribution in [-0.4, -0.2) is 59.4 Å². The monoisotopic (exact) mass is 416 g/mol. The third-order valence-electron chi connectivity index (χ3n) is 5.98. The van der Waals surface area contributed by atoms with Crippen molar-refractivity contribution in [2.75, 3.05) is 30.4 Å². The van der Waals surface area contributed by atoms with Crippen molar-refractivity contribution in [2.45, 2.75) is 48.6 Å². The fraction of sp³-hybridized carbons (Fsp3) is 0.579. The van der Waals surface area contributed by atoms with Crippen LogP contribution in [0.2, 0.25) is 0 Å². The number of hydrogen-bond donors (Lipinski definition) is 1. The predicted octanol–water partition coefficient (Wildman–Crippen LogP) is 1.31. The van der Waals surface area contributed by atoms with Crippen LogP contribution in [0.4, 0.5) is 11.8 Å². The minimum absolute atomic E-state index is 0.136. The highest BCUT2D eigenvalue weighted by molar-refractivity contribution is 7.93. The molecular formula is C19H24N6O3S. The predicted molar refractivity (Wildman–Crippen MR) is 108 cm³/mol. The molecule has 2 aromatic heterocycles. The molecule has 0 spiro atoms. The van der Waals surface area contributed by atoms with Gasteiger partial charge in [-0.25, -0.2) is 28.4 Å². The first-order valence-electron chi connectivity index (χ1n) is 9.96. The second-order valence-electron chi connectivity index (χ2n) is 8.12. The van der Waals surface area contributed by atoms with E-state index in [0.29, 0.717) is 49.7 Å². The topological polar surface area (TPSA) is 124 Å². The molecule has 0 bridgehead atoms. The van der Waals surface area contributed by atoms with Gasteiger partial charge in [-0.1, -0.05) is 0 Å². The first kappa shape index (κ1) is 18.7. The second-order valence-corrected chi connectivity index (χ2v) is 10.7. The van der Waals surface area contributed by atoms with Crippen LogP contribution < -0.4 is 10.6 Å². The summed E-state index contributed by atoms with van der Waals surface area (Å²) >= 11 is 0. The molecule has 0 radical (unpaired) electrons. The Labute approximate surface area is 169 Å². The van der Waals surface area contributed by atoms with Gasteiger partial charge in [-0.3, -0.25) is 0 Å². The Morgan fingerprint density at radius 2 is 1.93 bits per heavy atom. The van der Waals surface area contributed by atoms with E-state index < -0.39 is 14.6 Å². The number of aromatic nitrogens is 4. The summed E-state index contributed by atoms with van der Waals surface area (Å²) in [6.45, 7) is 3.97. The Morgan fingerprint density at radius 3 is 2.55 bits per heavy atom. The molecule has 3 aliphatic rings. The Kier molecular flexibility index (Phi) is 4.25. The number of ether oxygens (including phenoxy) is 1. The molecule has 1 saturated heterocycles. The summed E-state index contributed by atoms with van der Waals surface area (Å²) in [5.41, 5.74) is 6.81. The van der Waals surface area contributed by atoms with Gasteiger partial charge < -0.3 is 15.4 Å². The number of hydrogen-bond acceptors (Lipinski definition) is 9. The van der Waals surface area contributed by atoms with Crippen molar-refractivity contribution in [3.63, 3.8) is 0 Å². The zero-order valence-electron chi connectivity index (χ0n) is 16.3. The first-order chi connectivity index (χ1) is 13.9. The van der Waals surface area contributed by atoms with Crippen molar-refractivity contribution >= 4 is 21.6 Å². The van der Waals surface area contributed by atoms with Gasteiger partial charge in [-0.15, -0.1) is 0 Å². The molecule has 29 heavy (non-hydrogen) atoms. The Bertz CT molecular complexity index is 1030. The molecule has 0 unspecified atom stereocenters. The summed E-state index contributed by atoms with van der Waals surface area (Å²) in [6, 6.07) is 1.99. The molecule has 3 fully saturated rings. The maximum atomic E-state index is 13.2. The molecule has 5 rings (SSSR count). The number of nitrogens with two attached hydrogens (primary N) is 1. The van der Waals surface area contributed by atoms with Gasteiger partial charge in [0.25, 0.3) is 0 Å². The van der Waals surface area contributed by atoms with E-state index in [2.05, 4.69) is 21.8 Å². The lowest BCUT2D eigenvalue weighted by Crippen LogP contribution is -2.44. The van der Waals surface area contributed by atoms with Crippen LogP contribution in [0.1, 0.15) is 38.3 Å². The molecule has 2 N–H and O–H groups in total. The molecule has 1 atom stereocenters. The zero-order valence-corrected chi connectivity index (χ0v) is 17.1. The Hall–Kier alpha value is -2.33. The number of anilines is 2. The van der Waals surface area contributed by atoms with E-state index >= 15 is 0 Å². The van der Waals surface area contributed by atoms with Crippen LogP contribution in [0.5, 0.6) is 0 Å². The van der Waals surface area contributed by atoms with Crippen molar-refractivity contribution < 1.29 is 13.2 Å². The first-order valence-corrected chi connectivity index (χ1v) is 11.5. The van der Waals surface area contributed by atoms with Crippen molar-refractivity contribution in [3.05, 3.63) is 24.2 Å². The largest absolute Gasteiger partial charge is 0.377 e. The highest BCUT2D eigenvalue weighted by atomic mass is 32.2. The van der Waals surface area contributed by atoms with Crippen molar-refractivity contribution in [1.29, 1.82) is 0 Å². The van der Waals surface area contributed by atoms with Gasteiger partial charge in [-0.2, -0.15) is 0 Å². The van der Waals surface area contributed by atoms with Gasteiger partial charge in [0.15, 0.2) is 15.7 Å². The van der Waals surface area contributed by atoms with E-state index in [1.54, 1.807) is 12.4 Å². The van der Waals surface area contributed by atoms with Crippen LogP contribution in [0.3, 0.4) is 0 Å². The standard InChI is InChI=1S/C19H24N6O3S/c1-12-11-28-7-6-25(12)16-8-15(19(4-5-19)29(26,27)14-2-3-14)23-17(24-16)13-9-21-18(20)22-10-13/h8-10,12,14H,2-7,11H2,1H3,(H2,20,21,22)/t12-/m0/s1. The molecule has 0 amide bonds. The Balaban J connectivity index is 1.63. The summed E-state index contributed by atoms with van der Waals surface area (Å²) in [6.07, 6.45) is 5.87. The van der Waals surface area contributed by atoms with Crippen molar-refractivity contribution in [2.24, 2.45) is 0 Å². The van der Waals surface area contributed by atoms with E-state index in [4.69, 9.17) is 20.4 Å². The maximum absolute atomic E-state index is 13.2. The van der Waals surface area contributed by atoms with Gasteiger partial charge >= 0.3 is 0 Å². The molecule has 3 heterocycles. The lowest BCUT2D eigenvalue weighted by atomic mass is 10.2. The SMILES string of the molecule is C[C@H]1COCCN1c1cc(C2(S(=O)(=O)C3CC3)CC2)nc(-c2cnc(N)nc2)n1. The van der Waals surface area contributed by atoms with Crippen LogP contribution in [0.15, 0.2) is 18.5 Å². The molecule has 2 aromatic rings.